The highest BCUT2D eigenvalue weighted by atomic mass is 16.5. The topological polar surface area (TPSA) is 88.8 Å². The first-order valence-electron chi connectivity index (χ1n) is 7.77. The van der Waals surface area contributed by atoms with Gasteiger partial charge >= 0.3 is 5.63 Å². The highest BCUT2D eigenvalue weighted by molar-refractivity contribution is 5.95. The molecule has 2 fully saturated rings. The highest BCUT2D eigenvalue weighted by Crippen LogP contribution is 2.36. The molecule has 0 bridgehead atoms. The maximum Gasteiger partial charge on any atom is 0.349 e. The van der Waals surface area contributed by atoms with E-state index in [1.807, 2.05) is 0 Å². The monoisotopic (exact) mass is 307 g/mol. The molecular formula is C16H21NO5. The van der Waals surface area contributed by atoms with Crippen molar-refractivity contribution in [3.05, 3.63) is 33.4 Å². The summed E-state index contributed by atoms with van der Waals surface area (Å²) in [6.45, 7) is 2.46. The van der Waals surface area contributed by atoms with Gasteiger partial charge in [0, 0.05) is 12.5 Å². The Morgan fingerprint density at radius 1 is 1.36 bits per heavy atom. The molecule has 0 aromatic carbocycles. The van der Waals surface area contributed by atoms with Crippen LogP contribution in [0, 0.1) is 6.92 Å². The zero-order valence-corrected chi connectivity index (χ0v) is 12.6. The summed E-state index contributed by atoms with van der Waals surface area (Å²) < 4.78 is 10.6. The normalized spacial score (nSPS) is 25.5. The number of hydrogen-bond donors (Lipinski definition) is 2. The molecule has 1 saturated carbocycles. The summed E-state index contributed by atoms with van der Waals surface area (Å²) in [6.07, 6.45) is 3.02. The molecule has 2 heterocycles. The first-order chi connectivity index (χ1) is 10.6. The largest absolute Gasteiger partial charge is 0.427 e. The SMILES string of the molecule is Cc1cc(C2CCC2)oc(=O)c1C(=O)N[C@@H]1COCC[C@H]1O. The Hall–Kier alpha value is -1.66. The fourth-order valence-corrected chi connectivity index (χ4v) is 2.90. The van der Waals surface area contributed by atoms with Crippen molar-refractivity contribution in [1.29, 1.82) is 0 Å². The van der Waals surface area contributed by atoms with Gasteiger partial charge in [-0.25, -0.2) is 4.79 Å². The Bertz CT molecular complexity index is 619. The summed E-state index contributed by atoms with van der Waals surface area (Å²) in [5, 5.41) is 12.5. The van der Waals surface area contributed by atoms with E-state index in [1.54, 1.807) is 13.0 Å². The second kappa shape index (κ2) is 6.22. The molecule has 22 heavy (non-hydrogen) atoms. The van der Waals surface area contributed by atoms with Crippen LogP contribution >= 0.6 is 0 Å². The Kier molecular flexibility index (Phi) is 4.31. The van der Waals surface area contributed by atoms with Crippen LogP contribution in [0.25, 0.3) is 0 Å². The number of carbonyl (C=O) groups excluding carboxylic acids is 1. The number of carbonyl (C=O) groups is 1. The molecule has 6 nitrogen and oxygen atoms in total. The van der Waals surface area contributed by atoms with Gasteiger partial charge in [-0.3, -0.25) is 4.79 Å². The maximum absolute atomic E-state index is 12.3. The molecule has 1 saturated heterocycles. The van der Waals surface area contributed by atoms with Crippen LogP contribution in [0.15, 0.2) is 15.3 Å². The van der Waals surface area contributed by atoms with Crippen molar-refractivity contribution in [2.24, 2.45) is 0 Å². The van der Waals surface area contributed by atoms with Crippen molar-refractivity contribution in [1.82, 2.24) is 5.32 Å². The number of hydrogen-bond acceptors (Lipinski definition) is 5. The Morgan fingerprint density at radius 3 is 2.73 bits per heavy atom. The average molecular weight is 307 g/mol. The second-order valence-corrected chi connectivity index (χ2v) is 6.13. The molecule has 2 atom stereocenters. The van der Waals surface area contributed by atoms with Crippen LogP contribution < -0.4 is 10.9 Å². The Balaban J connectivity index is 1.78. The van der Waals surface area contributed by atoms with Crippen LogP contribution in [0.1, 0.15) is 53.3 Å². The van der Waals surface area contributed by atoms with Gasteiger partial charge in [0.25, 0.3) is 5.91 Å². The minimum absolute atomic E-state index is 0.0147. The third kappa shape index (κ3) is 2.94. The maximum atomic E-state index is 12.3. The van der Waals surface area contributed by atoms with Gasteiger partial charge in [-0.2, -0.15) is 0 Å². The van der Waals surface area contributed by atoms with Gasteiger partial charge in [0.05, 0.1) is 18.8 Å². The minimum Gasteiger partial charge on any atom is -0.427 e. The zero-order chi connectivity index (χ0) is 15.7. The van der Waals surface area contributed by atoms with Crippen molar-refractivity contribution in [2.75, 3.05) is 13.2 Å². The first-order valence-corrected chi connectivity index (χ1v) is 7.77. The van der Waals surface area contributed by atoms with Crippen molar-refractivity contribution < 1.29 is 19.1 Å². The lowest BCUT2D eigenvalue weighted by Crippen LogP contribution is -2.50. The quantitative estimate of drug-likeness (QED) is 0.873. The number of nitrogens with one attached hydrogen (secondary N) is 1. The van der Waals surface area contributed by atoms with E-state index in [-0.39, 0.29) is 12.2 Å². The number of aliphatic hydroxyl groups excluding tert-OH is 1. The molecular weight excluding hydrogens is 286 g/mol. The summed E-state index contributed by atoms with van der Waals surface area (Å²) >= 11 is 0. The van der Waals surface area contributed by atoms with Gasteiger partial charge in [0.1, 0.15) is 11.3 Å². The highest BCUT2D eigenvalue weighted by Gasteiger charge is 2.29. The smallest absolute Gasteiger partial charge is 0.349 e. The van der Waals surface area contributed by atoms with E-state index in [1.165, 1.54) is 0 Å². The van der Waals surface area contributed by atoms with Crippen molar-refractivity contribution in [3.8, 4) is 0 Å². The molecule has 1 aliphatic carbocycles. The lowest BCUT2D eigenvalue weighted by molar-refractivity contribution is -0.0140. The van der Waals surface area contributed by atoms with Crippen LogP contribution in [0.4, 0.5) is 0 Å². The van der Waals surface area contributed by atoms with E-state index in [0.717, 1.165) is 19.3 Å². The Labute approximate surface area is 128 Å². The molecule has 0 radical (unpaired) electrons. The lowest BCUT2D eigenvalue weighted by atomic mass is 9.83. The molecule has 1 amide bonds. The summed E-state index contributed by atoms with van der Waals surface area (Å²) in [7, 11) is 0. The number of amides is 1. The van der Waals surface area contributed by atoms with Crippen molar-refractivity contribution >= 4 is 5.91 Å². The number of aliphatic hydroxyl groups is 1. The molecule has 2 aliphatic rings. The van der Waals surface area contributed by atoms with Crippen molar-refractivity contribution in [2.45, 2.75) is 50.7 Å². The molecule has 0 unspecified atom stereocenters. The molecule has 6 heteroatoms. The van der Waals surface area contributed by atoms with E-state index in [0.29, 0.717) is 30.3 Å². The summed E-state index contributed by atoms with van der Waals surface area (Å²) in [5.74, 6) is 0.462. The predicted molar refractivity (Wildman–Crippen MR) is 79.0 cm³/mol. The van der Waals surface area contributed by atoms with Gasteiger partial charge in [-0.05, 0) is 37.8 Å². The molecule has 3 rings (SSSR count). The minimum atomic E-state index is -0.653. The van der Waals surface area contributed by atoms with E-state index in [9.17, 15) is 14.7 Å². The van der Waals surface area contributed by atoms with E-state index < -0.39 is 23.7 Å². The third-order valence-corrected chi connectivity index (χ3v) is 4.54. The zero-order valence-electron chi connectivity index (χ0n) is 12.6. The number of rotatable bonds is 3. The number of aryl methyl sites for hydroxylation is 1. The fourth-order valence-electron chi connectivity index (χ4n) is 2.90. The van der Waals surface area contributed by atoms with Gasteiger partial charge in [-0.15, -0.1) is 0 Å². The summed E-state index contributed by atoms with van der Waals surface area (Å²) in [6, 6.07) is 1.29. The second-order valence-electron chi connectivity index (χ2n) is 6.13. The van der Waals surface area contributed by atoms with Gasteiger partial charge in [-0.1, -0.05) is 6.42 Å². The van der Waals surface area contributed by atoms with Crippen LogP contribution in [0.2, 0.25) is 0 Å². The first kappa shape index (κ1) is 15.2. The molecule has 0 spiro atoms. The van der Waals surface area contributed by atoms with Crippen LogP contribution in [0.3, 0.4) is 0 Å². The lowest BCUT2D eigenvalue weighted by Gasteiger charge is -2.28. The molecule has 120 valence electrons. The molecule has 1 aliphatic heterocycles. The average Bonchev–Trinajstić information content (AvgIpc) is 2.38. The van der Waals surface area contributed by atoms with Gasteiger partial charge in [0.15, 0.2) is 0 Å². The Morgan fingerprint density at radius 2 is 2.14 bits per heavy atom. The van der Waals surface area contributed by atoms with Crippen molar-refractivity contribution in [3.63, 3.8) is 0 Å². The van der Waals surface area contributed by atoms with Gasteiger partial charge < -0.3 is 19.6 Å². The number of ether oxygens (including phenoxy) is 1. The molecule has 1 aromatic heterocycles. The summed E-state index contributed by atoms with van der Waals surface area (Å²) in [5.41, 5.74) is 0.0216. The summed E-state index contributed by atoms with van der Waals surface area (Å²) in [4.78, 5) is 24.5. The fraction of sp³-hybridized carbons (Fsp3) is 0.625. The van der Waals surface area contributed by atoms with Gasteiger partial charge in [0.2, 0.25) is 0 Å². The molecule has 1 aromatic rings. The molecule has 2 N–H and O–H groups in total. The van der Waals surface area contributed by atoms with E-state index >= 15 is 0 Å². The van der Waals surface area contributed by atoms with Crippen LogP contribution in [0.5, 0.6) is 0 Å². The predicted octanol–water partition coefficient (Wildman–Crippen LogP) is 1.10. The standard InChI is InChI=1S/C16H21NO5/c1-9-7-13(10-3-2-4-10)22-16(20)14(9)15(19)17-11-8-21-6-5-12(11)18/h7,10-12,18H,2-6,8H2,1H3,(H,17,19)/t11-,12-/m1/s1. The van der Waals surface area contributed by atoms with Crippen LogP contribution in [-0.4, -0.2) is 36.4 Å². The third-order valence-electron chi connectivity index (χ3n) is 4.54. The van der Waals surface area contributed by atoms with E-state index in [2.05, 4.69) is 5.32 Å². The van der Waals surface area contributed by atoms with Crippen LogP contribution in [-0.2, 0) is 4.74 Å². The van der Waals surface area contributed by atoms with E-state index in [4.69, 9.17) is 9.15 Å².